The normalized spacial score (nSPS) is 14.5. The lowest BCUT2D eigenvalue weighted by Crippen LogP contribution is -2.26. The Morgan fingerprint density at radius 2 is 1.65 bits per heavy atom. The fourth-order valence-corrected chi connectivity index (χ4v) is 2.24. The molecule has 1 nitrogen and oxygen atoms in total. The van der Waals surface area contributed by atoms with Gasteiger partial charge in [-0.25, -0.2) is 0 Å². The number of benzene rings is 1. The van der Waals surface area contributed by atoms with Gasteiger partial charge in [-0.15, -0.1) is 0 Å². The van der Waals surface area contributed by atoms with E-state index in [4.69, 9.17) is 5.73 Å². The van der Waals surface area contributed by atoms with Gasteiger partial charge in [-0.3, -0.25) is 0 Å². The molecule has 2 unspecified atom stereocenters. The summed E-state index contributed by atoms with van der Waals surface area (Å²) in [6, 6.07) is 10.9. The van der Waals surface area contributed by atoms with E-state index in [1.54, 1.807) is 0 Å². The zero-order valence-electron chi connectivity index (χ0n) is 11.4. The molecule has 0 saturated heterocycles. The Bertz CT molecular complexity index is 281. The van der Waals surface area contributed by atoms with E-state index in [0.29, 0.717) is 12.0 Å². The van der Waals surface area contributed by atoms with Crippen molar-refractivity contribution < 1.29 is 0 Å². The SMILES string of the molecule is CCCCCCCC(N)C(C)c1ccccc1. The molecule has 1 aromatic rings. The largest absolute Gasteiger partial charge is 0.327 e. The van der Waals surface area contributed by atoms with E-state index in [1.807, 2.05) is 0 Å². The van der Waals surface area contributed by atoms with Crippen LogP contribution in [0.25, 0.3) is 0 Å². The van der Waals surface area contributed by atoms with Crippen LogP contribution < -0.4 is 5.73 Å². The molecule has 1 heteroatoms. The van der Waals surface area contributed by atoms with Crippen LogP contribution >= 0.6 is 0 Å². The summed E-state index contributed by atoms with van der Waals surface area (Å²) in [7, 11) is 0. The van der Waals surface area contributed by atoms with E-state index in [-0.39, 0.29) is 0 Å². The lowest BCUT2D eigenvalue weighted by atomic mass is 9.90. The highest BCUT2D eigenvalue weighted by Crippen LogP contribution is 2.21. The van der Waals surface area contributed by atoms with E-state index in [9.17, 15) is 0 Å². The van der Waals surface area contributed by atoms with Crippen LogP contribution in [0.4, 0.5) is 0 Å². The molecule has 0 fully saturated rings. The molecule has 2 N–H and O–H groups in total. The molecule has 0 aliphatic carbocycles. The predicted molar refractivity (Wildman–Crippen MR) is 76.2 cm³/mol. The zero-order chi connectivity index (χ0) is 12.5. The van der Waals surface area contributed by atoms with Gasteiger partial charge >= 0.3 is 0 Å². The van der Waals surface area contributed by atoms with Gasteiger partial charge in [-0.2, -0.15) is 0 Å². The summed E-state index contributed by atoms with van der Waals surface area (Å²) in [6.45, 7) is 4.50. The molecule has 0 aromatic heterocycles. The van der Waals surface area contributed by atoms with Crippen molar-refractivity contribution in [3.63, 3.8) is 0 Å². The van der Waals surface area contributed by atoms with Gasteiger partial charge in [-0.05, 0) is 17.9 Å². The van der Waals surface area contributed by atoms with Crippen molar-refractivity contribution in [2.24, 2.45) is 5.73 Å². The molecule has 0 aliphatic rings. The smallest absolute Gasteiger partial charge is 0.0105 e. The van der Waals surface area contributed by atoms with Gasteiger partial charge in [0.1, 0.15) is 0 Å². The first-order valence-electron chi connectivity index (χ1n) is 7.06. The van der Waals surface area contributed by atoms with Gasteiger partial charge in [0, 0.05) is 6.04 Å². The van der Waals surface area contributed by atoms with Crippen molar-refractivity contribution in [1.29, 1.82) is 0 Å². The first kappa shape index (κ1) is 14.2. The van der Waals surface area contributed by atoms with Crippen molar-refractivity contribution in [3.8, 4) is 0 Å². The van der Waals surface area contributed by atoms with Gasteiger partial charge in [0.2, 0.25) is 0 Å². The topological polar surface area (TPSA) is 26.0 Å². The van der Waals surface area contributed by atoms with Crippen LogP contribution in [-0.2, 0) is 0 Å². The Morgan fingerprint density at radius 3 is 2.29 bits per heavy atom. The number of nitrogens with two attached hydrogens (primary N) is 1. The second-order valence-electron chi connectivity index (χ2n) is 5.07. The summed E-state index contributed by atoms with van der Waals surface area (Å²) in [5.41, 5.74) is 7.63. The summed E-state index contributed by atoms with van der Waals surface area (Å²) < 4.78 is 0. The van der Waals surface area contributed by atoms with E-state index < -0.39 is 0 Å². The average molecular weight is 233 g/mol. The maximum absolute atomic E-state index is 6.26. The first-order valence-corrected chi connectivity index (χ1v) is 7.06. The number of rotatable bonds is 8. The standard InChI is InChI=1S/C16H27N/c1-3-4-5-6-10-13-16(17)14(2)15-11-8-7-9-12-15/h7-9,11-12,14,16H,3-6,10,13,17H2,1-2H3. The first-order chi connectivity index (χ1) is 8.25. The van der Waals surface area contributed by atoms with E-state index in [0.717, 1.165) is 6.42 Å². The van der Waals surface area contributed by atoms with Gasteiger partial charge < -0.3 is 5.73 Å². The lowest BCUT2D eigenvalue weighted by molar-refractivity contribution is 0.489. The van der Waals surface area contributed by atoms with Crippen molar-refractivity contribution in [2.75, 3.05) is 0 Å². The summed E-state index contributed by atoms with van der Waals surface area (Å²) >= 11 is 0. The molecule has 17 heavy (non-hydrogen) atoms. The summed E-state index contributed by atoms with van der Waals surface area (Å²) in [5, 5.41) is 0. The highest BCUT2D eigenvalue weighted by molar-refractivity contribution is 5.20. The molecule has 0 radical (unpaired) electrons. The molecule has 2 atom stereocenters. The third-order valence-electron chi connectivity index (χ3n) is 3.61. The van der Waals surface area contributed by atoms with Crippen LogP contribution in [0.15, 0.2) is 30.3 Å². The van der Waals surface area contributed by atoms with Crippen molar-refractivity contribution in [1.82, 2.24) is 0 Å². The highest BCUT2D eigenvalue weighted by atomic mass is 14.6. The number of hydrogen-bond acceptors (Lipinski definition) is 1. The lowest BCUT2D eigenvalue weighted by Gasteiger charge is -2.20. The molecule has 0 bridgehead atoms. The Balaban J connectivity index is 2.25. The summed E-state index contributed by atoms with van der Waals surface area (Å²) in [5.74, 6) is 0.474. The average Bonchev–Trinajstić information content (AvgIpc) is 2.38. The van der Waals surface area contributed by atoms with Crippen LogP contribution in [0.3, 0.4) is 0 Å². The molecular formula is C16H27N. The van der Waals surface area contributed by atoms with Crippen molar-refractivity contribution in [3.05, 3.63) is 35.9 Å². The van der Waals surface area contributed by atoms with Gasteiger partial charge in [0.05, 0.1) is 0 Å². The van der Waals surface area contributed by atoms with E-state index >= 15 is 0 Å². The molecule has 0 amide bonds. The second kappa shape index (κ2) is 8.30. The monoisotopic (exact) mass is 233 g/mol. The minimum absolute atomic E-state index is 0.305. The number of unbranched alkanes of at least 4 members (excludes halogenated alkanes) is 4. The molecule has 1 aromatic carbocycles. The fourth-order valence-electron chi connectivity index (χ4n) is 2.24. The molecule has 96 valence electrons. The van der Waals surface area contributed by atoms with Crippen LogP contribution in [0.2, 0.25) is 0 Å². The quantitative estimate of drug-likeness (QED) is 0.658. The van der Waals surface area contributed by atoms with Gasteiger partial charge in [-0.1, -0.05) is 76.3 Å². The second-order valence-corrected chi connectivity index (χ2v) is 5.07. The van der Waals surface area contributed by atoms with Crippen molar-refractivity contribution in [2.45, 2.75) is 64.3 Å². The van der Waals surface area contributed by atoms with Crippen LogP contribution in [-0.4, -0.2) is 6.04 Å². The summed E-state index contributed by atoms with van der Waals surface area (Å²) in [4.78, 5) is 0. The maximum Gasteiger partial charge on any atom is 0.0105 e. The van der Waals surface area contributed by atoms with Gasteiger partial charge in [0.25, 0.3) is 0 Å². The van der Waals surface area contributed by atoms with Crippen LogP contribution in [0.5, 0.6) is 0 Å². The molecular weight excluding hydrogens is 206 g/mol. The zero-order valence-corrected chi connectivity index (χ0v) is 11.4. The van der Waals surface area contributed by atoms with Gasteiger partial charge in [0.15, 0.2) is 0 Å². The third-order valence-corrected chi connectivity index (χ3v) is 3.61. The molecule has 0 aliphatic heterocycles. The Labute approximate surface area is 106 Å². The van der Waals surface area contributed by atoms with E-state index in [1.165, 1.54) is 37.7 Å². The Kier molecular flexibility index (Phi) is 6.95. The maximum atomic E-state index is 6.26. The Morgan fingerprint density at radius 1 is 1.00 bits per heavy atom. The van der Waals surface area contributed by atoms with Crippen LogP contribution in [0, 0.1) is 0 Å². The third kappa shape index (κ3) is 5.36. The number of hydrogen-bond donors (Lipinski definition) is 1. The van der Waals surface area contributed by atoms with Crippen molar-refractivity contribution >= 4 is 0 Å². The summed E-state index contributed by atoms with van der Waals surface area (Å²) in [6.07, 6.45) is 7.81. The predicted octanol–water partition coefficient (Wildman–Crippen LogP) is 4.48. The molecule has 0 heterocycles. The molecule has 1 rings (SSSR count). The van der Waals surface area contributed by atoms with E-state index in [2.05, 4.69) is 44.2 Å². The minimum Gasteiger partial charge on any atom is -0.327 e. The highest BCUT2D eigenvalue weighted by Gasteiger charge is 2.13. The minimum atomic E-state index is 0.305. The molecule has 0 spiro atoms. The Hall–Kier alpha value is -0.820. The molecule has 0 saturated carbocycles. The fraction of sp³-hybridized carbons (Fsp3) is 0.625. The van der Waals surface area contributed by atoms with Crippen LogP contribution in [0.1, 0.15) is 63.9 Å².